The van der Waals surface area contributed by atoms with E-state index in [4.69, 9.17) is 0 Å². The Balaban J connectivity index is 2.27. The first-order valence-electron chi connectivity index (χ1n) is 3.86. The van der Waals surface area contributed by atoms with Crippen LogP contribution < -0.4 is 0 Å². The lowest BCUT2D eigenvalue weighted by Crippen LogP contribution is -2.08. The summed E-state index contributed by atoms with van der Waals surface area (Å²) in [7, 11) is 0. The van der Waals surface area contributed by atoms with Crippen molar-refractivity contribution in [2.24, 2.45) is 9.98 Å². The fourth-order valence-corrected chi connectivity index (χ4v) is 1.35. The fraction of sp³-hybridized carbons (Fsp3) is 0.333. The second-order valence-electron chi connectivity index (χ2n) is 2.72. The summed E-state index contributed by atoms with van der Waals surface area (Å²) in [5.74, 6) is 0. The number of fused-ring (bicyclic) bond motifs is 1. The molecule has 0 fully saturated rings. The zero-order valence-corrected chi connectivity index (χ0v) is 6.27. The van der Waals surface area contributed by atoms with Gasteiger partial charge in [0, 0.05) is 12.6 Å². The minimum Gasteiger partial charge on any atom is -0.265 e. The third-order valence-corrected chi connectivity index (χ3v) is 1.98. The van der Waals surface area contributed by atoms with Crippen LogP contribution in [-0.4, -0.2) is 18.6 Å². The second kappa shape index (κ2) is 2.82. The Hall–Kier alpha value is -1.18. The van der Waals surface area contributed by atoms with Gasteiger partial charge in [-0.1, -0.05) is 18.2 Å². The minimum absolute atomic E-state index is 0.363. The van der Waals surface area contributed by atoms with Crippen LogP contribution in [0.4, 0.5) is 0 Å². The quantitative estimate of drug-likeness (QED) is 0.497. The normalized spacial score (nSPS) is 27.6. The van der Waals surface area contributed by atoms with E-state index in [-0.39, 0.29) is 0 Å². The molecule has 0 saturated carbocycles. The van der Waals surface area contributed by atoms with E-state index in [1.807, 2.05) is 6.21 Å². The smallest absolute Gasteiger partial charge is 0.110 e. The molecule has 11 heavy (non-hydrogen) atoms. The molecule has 0 bridgehead atoms. The topological polar surface area (TPSA) is 24.7 Å². The van der Waals surface area contributed by atoms with Crippen LogP contribution in [0.2, 0.25) is 0 Å². The summed E-state index contributed by atoms with van der Waals surface area (Å²) in [5.41, 5.74) is 1.38. The van der Waals surface area contributed by atoms with Crippen LogP contribution in [0.1, 0.15) is 12.8 Å². The summed E-state index contributed by atoms with van der Waals surface area (Å²) >= 11 is 0. The highest BCUT2D eigenvalue weighted by molar-refractivity contribution is 5.76. The maximum Gasteiger partial charge on any atom is 0.110 e. The Bertz CT molecular complexity index is 259. The van der Waals surface area contributed by atoms with E-state index in [0.29, 0.717) is 6.04 Å². The summed E-state index contributed by atoms with van der Waals surface area (Å²) in [6.45, 7) is 0. The van der Waals surface area contributed by atoms with Crippen LogP contribution >= 0.6 is 0 Å². The molecule has 0 spiro atoms. The number of hydrogen-bond acceptors (Lipinski definition) is 2. The first-order valence-corrected chi connectivity index (χ1v) is 3.86. The van der Waals surface area contributed by atoms with Crippen LogP contribution in [0.5, 0.6) is 0 Å². The maximum atomic E-state index is 4.30. The summed E-state index contributed by atoms with van der Waals surface area (Å²) in [6.07, 6.45) is 11.9. The molecule has 0 amide bonds. The van der Waals surface area contributed by atoms with Crippen LogP contribution in [0.25, 0.3) is 0 Å². The Morgan fingerprint density at radius 3 is 3.45 bits per heavy atom. The fourth-order valence-electron chi connectivity index (χ4n) is 1.35. The molecule has 2 rings (SSSR count). The van der Waals surface area contributed by atoms with E-state index in [0.717, 1.165) is 12.8 Å². The second-order valence-corrected chi connectivity index (χ2v) is 2.72. The monoisotopic (exact) mass is 146 g/mol. The molecule has 56 valence electrons. The van der Waals surface area contributed by atoms with Gasteiger partial charge in [0.2, 0.25) is 0 Å². The van der Waals surface area contributed by atoms with Crippen molar-refractivity contribution in [2.75, 3.05) is 0 Å². The van der Waals surface area contributed by atoms with Gasteiger partial charge in [-0.15, -0.1) is 0 Å². The van der Waals surface area contributed by atoms with Crippen molar-refractivity contribution < 1.29 is 0 Å². The minimum atomic E-state index is 0.363. The van der Waals surface area contributed by atoms with Crippen molar-refractivity contribution in [3.63, 3.8) is 0 Å². The van der Waals surface area contributed by atoms with Gasteiger partial charge >= 0.3 is 0 Å². The van der Waals surface area contributed by atoms with Gasteiger partial charge in [0.1, 0.15) is 6.34 Å². The highest BCUT2D eigenvalue weighted by Crippen LogP contribution is 2.19. The molecule has 2 nitrogen and oxygen atoms in total. The predicted octanol–water partition coefficient (Wildman–Crippen LogP) is 1.74. The predicted molar refractivity (Wildman–Crippen MR) is 47.2 cm³/mol. The number of allylic oxidation sites excluding steroid dienone is 2. The molecule has 0 N–H and O–H groups in total. The van der Waals surface area contributed by atoms with E-state index in [2.05, 4.69) is 28.2 Å². The summed E-state index contributed by atoms with van der Waals surface area (Å²) in [6, 6.07) is 0.363. The standard InChI is InChI=1S/C9H10N2/c1-2-4-9-8(3-1)5-6-10-7-11-9/h1-3,6-7,9H,4-5H2. The van der Waals surface area contributed by atoms with Gasteiger partial charge in [-0.05, 0) is 12.0 Å². The van der Waals surface area contributed by atoms with Gasteiger partial charge in [0.05, 0.1) is 6.04 Å². The third kappa shape index (κ3) is 1.29. The summed E-state index contributed by atoms with van der Waals surface area (Å²) in [4.78, 5) is 8.31. The molecule has 1 atom stereocenters. The van der Waals surface area contributed by atoms with Gasteiger partial charge in [0.25, 0.3) is 0 Å². The van der Waals surface area contributed by atoms with Crippen LogP contribution in [0.15, 0.2) is 33.8 Å². The van der Waals surface area contributed by atoms with Gasteiger partial charge in [-0.3, -0.25) is 4.99 Å². The van der Waals surface area contributed by atoms with E-state index in [9.17, 15) is 0 Å². The zero-order chi connectivity index (χ0) is 7.52. The molecule has 0 aromatic rings. The molecular weight excluding hydrogens is 136 g/mol. The average molecular weight is 146 g/mol. The molecule has 1 aliphatic carbocycles. The van der Waals surface area contributed by atoms with Gasteiger partial charge in [0.15, 0.2) is 0 Å². The van der Waals surface area contributed by atoms with Crippen LogP contribution in [-0.2, 0) is 0 Å². The number of aliphatic imine (C=N–C) groups is 2. The van der Waals surface area contributed by atoms with Gasteiger partial charge in [-0.2, -0.15) is 0 Å². The molecule has 1 unspecified atom stereocenters. The molecule has 2 heteroatoms. The van der Waals surface area contributed by atoms with Crippen molar-refractivity contribution in [2.45, 2.75) is 18.9 Å². The number of rotatable bonds is 0. The number of nitrogens with zero attached hydrogens (tertiary/aromatic N) is 2. The first-order chi connectivity index (χ1) is 5.47. The zero-order valence-electron chi connectivity index (χ0n) is 6.27. The Kier molecular flexibility index (Phi) is 1.68. The highest BCUT2D eigenvalue weighted by Gasteiger charge is 2.12. The Morgan fingerprint density at radius 1 is 1.45 bits per heavy atom. The lowest BCUT2D eigenvalue weighted by molar-refractivity contribution is 0.771. The molecule has 1 heterocycles. The molecule has 0 saturated heterocycles. The van der Waals surface area contributed by atoms with Crippen molar-refractivity contribution in [1.29, 1.82) is 0 Å². The molecule has 0 aromatic carbocycles. The highest BCUT2D eigenvalue weighted by atomic mass is 14.9. The van der Waals surface area contributed by atoms with Crippen molar-refractivity contribution >= 4 is 12.6 Å². The molecule has 0 aromatic heterocycles. The van der Waals surface area contributed by atoms with Crippen LogP contribution in [0.3, 0.4) is 0 Å². The first kappa shape index (κ1) is 6.53. The van der Waals surface area contributed by atoms with E-state index >= 15 is 0 Å². The molecule has 0 radical (unpaired) electrons. The SMILES string of the molecule is C1=CCC2N=CN=CCC2=C1. The van der Waals surface area contributed by atoms with Gasteiger partial charge < -0.3 is 0 Å². The van der Waals surface area contributed by atoms with E-state index in [1.165, 1.54) is 5.57 Å². The van der Waals surface area contributed by atoms with Gasteiger partial charge in [-0.25, -0.2) is 4.99 Å². The Morgan fingerprint density at radius 2 is 2.45 bits per heavy atom. The van der Waals surface area contributed by atoms with Crippen molar-refractivity contribution in [3.05, 3.63) is 23.8 Å². The summed E-state index contributed by atoms with van der Waals surface area (Å²) < 4.78 is 0. The van der Waals surface area contributed by atoms with Crippen LogP contribution in [0, 0.1) is 0 Å². The summed E-state index contributed by atoms with van der Waals surface area (Å²) in [5, 5.41) is 0. The number of hydrogen-bond donors (Lipinski definition) is 0. The van der Waals surface area contributed by atoms with Crippen molar-refractivity contribution in [1.82, 2.24) is 0 Å². The molecular formula is C9H10N2. The third-order valence-electron chi connectivity index (χ3n) is 1.98. The maximum absolute atomic E-state index is 4.30. The Labute approximate surface area is 66.1 Å². The average Bonchev–Trinajstić information content (AvgIpc) is 2.28. The van der Waals surface area contributed by atoms with E-state index < -0.39 is 0 Å². The lowest BCUT2D eigenvalue weighted by atomic mass is 9.97. The van der Waals surface area contributed by atoms with Crippen molar-refractivity contribution in [3.8, 4) is 0 Å². The molecule has 1 aliphatic heterocycles. The van der Waals surface area contributed by atoms with E-state index in [1.54, 1.807) is 6.34 Å². The lowest BCUT2D eigenvalue weighted by Gasteiger charge is -2.13. The molecule has 2 aliphatic rings. The largest absolute Gasteiger partial charge is 0.265 e.